The van der Waals surface area contributed by atoms with Crippen molar-refractivity contribution < 1.29 is 0 Å². The molecule has 0 aliphatic carbocycles. The van der Waals surface area contributed by atoms with Gasteiger partial charge in [-0.2, -0.15) is 0 Å². The normalized spacial score (nSPS) is 10.5. The lowest BCUT2D eigenvalue weighted by molar-refractivity contribution is 1.17. The number of hydrogen-bond donors (Lipinski definition) is 1. The lowest BCUT2D eigenvalue weighted by atomic mass is 10.2. The zero-order valence-electron chi connectivity index (χ0n) is 9.96. The van der Waals surface area contributed by atoms with Crippen molar-refractivity contribution in [2.75, 3.05) is 12.4 Å². The molecule has 1 N–H and O–H groups in total. The number of pyridine rings is 1. The van der Waals surface area contributed by atoms with Crippen molar-refractivity contribution in [3.63, 3.8) is 0 Å². The van der Waals surface area contributed by atoms with Crippen molar-refractivity contribution in [3.8, 4) is 11.4 Å². The van der Waals surface area contributed by atoms with E-state index in [9.17, 15) is 0 Å². The maximum Gasteiger partial charge on any atom is 0.153 e. The summed E-state index contributed by atoms with van der Waals surface area (Å²) in [7, 11) is 1.83. The van der Waals surface area contributed by atoms with Gasteiger partial charge in [-0.3, -0.25) is 0 Å². The van der Waals surface area contributed by atoms with E-state index in [0.717, 1.165) is 28.1 Å². The third kappa shape index (κ3) is 1.78. The van der Waals surface area contributed by atoms with Gasteiger partial charge >= 0.3 is 0 Å². The molecular formula is C14H12N4. The van der Waals surface area contributed by atoms with Crippen LogP contribution < -0.4 is 5.32 Å². The van der Waals surface area contributed by atoms with Crippen molar-refractivity contribution in [3.05, 3.63) is 48.8 Å². The summed E-state index contributed by atoms with van der Waals surface area (Å²) in [4.78, 5) is 13.2. The number of benzene rings is 1. The molecule has 0 aliphatic heterocycles. The van der Waals surface area contributed by atoms with Crippen LogP contribution in [0.2, 0.25) is 0 Å². The fourth-order valence-electron chi connectivity index (χ4n) is 1.91. The van der Waals surface area contributed by atoms with Crippen LogP contribution in [0.15, 0.2) is 48.8 Å². The molecule has 0 atom stereocenters. The van der Waals surface area contributed by atoms with E-state index < -0.39 is 0 Å². The first-order valence-corrected chi connectivity index (χ1v) is 5.73. The number of hydrogen-bond acceptors (Lipinski definition) is 4. The summed E-state index contributed by atoms with van der Waals surface area (Å²) >= 11 is 0. The van der Waals surface area contributed by atoms with Crippen LogP contribution in [0.25, 0.3) is 22.3 Å². The van der Waals surface area contributed by atoms with Crippen LogP contribution in [-0.2, 0) is 0 Å². The standard InChI is InChI=1S/C14H12N4/c1-15-14-13(16-8-9-17-14)12-7-6-10-4-2-3-5-11(10)18-12/h2-9H,1H3,(H,15,17). The Hall–Kier alpha value is -2.49. The van der Waals surface area contributed by atoms with Crippen LogP contribution in [0.3, 0.4) is 0 Å². The number of anilines is 1. The van der Waals surface area contributed by atoms with Gasteiger partial charge in [0.15, 0.2) is 5.82 Å². The van der Waals surface area contributed by atoms with Crippen LogP contribution in [0, 0.1) is 0 Å². The largest absolute Gasteiger partial charge is 0.371 e. The summed E-state index contributed by atoms with van der Waals surface area (Å²) in [6.45, 7) is 0. The van der Waals surface area contributed by atoms with Gasteiger partial charge in [-0.15, -0.1) is 0 Å². The molecule has 0 saturated carbocycles. The van der Waals surface area contributed by atoms with Gasteiger partial charge in [0.1, 0.15) is 5.69 Å². The Morgan fingerprint density at radius 1 is 0.944 bits per heavy atom. The SMILES string of the molecule is CNc1nccnc1-c1ccc2ccccc2n1. The molecule has 4 heteroatoms. The Morgan fingerprint density at radius 3 is 2.67 bits per heavy atom. The molecule has 0 unspecified atom stereocenters. The monoisotopic (exact) mass is 236 g/mol. The Bertz CT molecular complexity index is 694. The number of rotatable bonds is 2. The van der Waals surface area contributed by atoms with Crippen LogP contribution in [0.5, 0.6) is 0 Å². The van der Waals surface area contributed by atoms with E-state index in [-0.39, 0.29) is 0 Å². The second-order valence-electron chi connectivity index (χ2n) is 3.89. The van der Waals surface area contributed by atoms with E-state index in [1.807, 2.05) is 43.4 Å². The summed E-state index contributed by atoms with van der Waals surface area (Å²) < 4.78 is 0. The summed E-state index contributed by atoms with van der Waals surface area (Å²) in [5.41, 5.74) is 2.56. The third-order valence-corrected chi connectivity index (χ3v) is 2.78. The lowest BCUT2D eigenvalue weighted by Crippen LogP contribution is -1.98. The minimum Gasteiger partial charge on any atom is -0.371 e. The molecular weight excluding hydrogens is 224 g/mol. The summed E-state index contributed by atoms with van der Waals surface area (Å²) in [6.07, 6.45) is 3.34. The molecule has 2 aromatic heterocycles. The van der Waals surface area contributed by atoms with Gasteiger partial charge in [0.25, 0.3) is 0 Å². The quantitative estimate of drug-likeness (QED) is 0.743. The van der Waals surface area contributed by atoms with Crippen molar-refractivity contribution in [2.45, 2.75) is 0 Å². The fraction of sp³-hybridized carbons (Fsp3) is 0.0714. The molecule has 2 heterocycles. The van der Waals surface area contributed by atoms with Gasteiger partial charge in [-0.25, -0.2) is 15.0 Å². The molecule has 0 amide bonds. The predicted octanol–water partition coefficient (Wildman–Crippen LogP) is 2.73. The molecule has 3 rings (SSSR count). The molecule has 3 aromatic rings. The highest BCUT2D eigenvalue weighted by molar-refractivity contribution is 5.82. The maximum absolute atomic E-state index is 4.61. The van der Waals surface area contributed by atoms with E-state index in [2.05, 4.69) is 20.3 Å². The first-order chi connectivity index (χ1) is 8.88. The zero-order valence-corrected chi connectivity index (χ0v) is 9.96. The average molecular weight is 236 g/mol. The molecule has 0 fully saturated rings. The smallest absolute Gasteiger partial charge is 0.153 e. The van der Waals surface area contributed by atoms with E-state index in [1.54, 1.807) is 12.4 Å². The third-order valence-electron chi connectivity index (χ3n) is 2.78. The molecule has 88 valence electrons. The lowest BCUT2D eigenvalue weighted by Gasteiger charge is -2.06. The molecule has 0 saturated heterocycles. The Kier molecular flexibility index (Phi) is 2.61. The van der Waals surface area contributed by atoms with Crippen molar-refractivity contribution in [1.82, 2.24) is 15.0 Å². The van der Waals surface area contributed by atoms with Gasteiger partial charge in [-0.1, -0.05) is 24.3 Å². The average Bonchev–Trinajstić information content (AvgIpc) is 2.46. The molecule has 4 nitrogen and oxygen atoms in total. The van der Waals surface area contributed by atoms with E-state index in [4.69, 9.17) is 0 Å². The minimum absolute atomic E-state index is 0.736. The van der Waals surface area contributed by atoms with Crippen molar-refractivity contribution in [2.24, 2.45) is 0 Å². The first kappa shape index (κ1) is 10.7. The predicted molar refractivity (Wildman–Crippen MR) is 72.3 cm³/mol. The zero-order chi connectivity index (χ0) is 12.4. The maximum atomic E-state index is 4.61. The highest BCUT2D eigenvalue weighted by atomic mass is 15.0. The molecule has 0 bridgehead atoms. The minimum atomic E-state index is 0.736. The van der Waals surface area contributed by atoms with Crippen molar-refractivity contribution in [1.29, 1.82) is 0 Å². The van der Waals surface area contributed by atoms with Gasteiger partial charge < -0.3 is 5.32 Å². The molecule has 18 heavy (non-hydrogen) atoms. The highest BCUT2D eigenvalue weighted by Gasteiger charge is 2.08. The Balaban J connectivity index is 2.19. The van der Waals surface area contributed by atoms with E-state index in [0.29, 0.717) is 0 Å². The second kappa shape index (κ2) is 4.41. The van der Waals surface area contributed by atoms with E-state index >= 15 is 0 Å². The molecule has 1 aromatic carbocycles. The van der Waals surface area contributed by atoms with Gasteiger partial charge in [0.2, 0.25) is 0 Å². The Labute approximate surface area is 105 Å². The molecule has 0 radical (unpaired) electrons. The summed E-state index contributed by atoms with van der Waals surface area (Å²) in [6, 6.07) is 12.0. The van der Waals surface area contributed by atoms with E-state index in [1.165, 1.54) is 0 Å². The van der Waals surface area contributed by atoms with Crippen LogP contribution in [0.1, 0.15) is 0 Å². The Morgan fingerprint density at radius 2 is 1.78 bits per heavy atom. The van der Waals surface area contributed by atoms with Gasteiger partial charge in [0, 0.05) is 24.8 Å². The van der Waals surface area contributed by atoms with Crippen molar-refractivity contribution >= 4 is 16.7 Å². The number of fused-ring (bicyclic) bond motifs is 1. The number of para-hydroxylation sites is 1. The topological polar surface area (TPSA) is 50.7 Å². The van der Waals surface area contributed by atoms with Gasteiger partial charge in [0.05, 0.1) is 11.2 Å². The number of aromatic nitrogens is 3. The first-order valence-electron chi connectivity index (χ1n) is 5.73. The van der Waals surface area contributed by atoms with Crippen LogP contribution >= 0.6 is 0 Å². The fourth-order valence-corrected chi connectivity index (χ4v) is 1.91. The van der Waals surface area contributed by atoms with Crippen LogP contribution in [-0.4, -0.2) is 22.0 Å². The summed E-state index contributed by atoms with van der Waals surface area (Å²) in [5, 5.41) is 4.15. The molecule has 0 spiro atoms. The molecule has 0 aliphatic rings. The second-order valence-corrected chi connectivity index (χ2v) is 3.89. The highest BCUT2D eigenvalue weighted by Crippen LogP contribution is 2.23. The van der Waals surface area contributed by atoms with Gasteiger partial charge in [-0.05, 0) is 12.1 Å². The number of nitrogens with one attached hydrogen (secondary N) is 1. The summed E-state index contributed by atoms with van der Waals surface area (Å²) in [5.74, 6) is 0.736. The van der Waals surface area contributed by atoms with Crippen LogP contribution in [0.4, 0.5) is 5.82 Å². The number of nitrogens with zero attached hydrogens (tertiary/aromatic N) is 3.